The second kappa shape index (κ2) is 9.56. The van der Waals surface area contributed by atoms with Crippen LogP contribution in [0, 0.1) is 12.8 Å². The second-order valence-electron chi connectivity index (χ2n) is 6.95. The SMILES string of the molecule is CCOC(=O)c1ccccc1NS(=O)(=O)c1ccc(C)c(C(=O)NCC(C)C)c1. The predicted molar refractivity (Wildman–Crippen MR) is 112 cm³/mol. The minimum Gasteiger partial charge on any atom is -0.462 e. The summed E-state index contributed by atoms with van der Waals surface area (Å²) in [6, 6.07) is 10.5. The van der Waals surface area contributed by atoms with Crippen molar-refractivity contribution in [2.24, 2.45) is 5.92 Å². The van der Waals surface area contributed by atoms with Crippen molar-refractivity contribution in [1.29, 1.82) is 0 Å². The normalized spacial score (nSPS) is 11.2. The van der Waals surface area contributed by atoms with Gasteiger partial charge in [-0.2, -0.15) is 0 Å². The Morgan fingerprint density at radius 3 is 2.41 bits per heavy atom. The molecule has 1 amide bonds. The molecule has 0 atom stereocenters. The molecule has 156 valence electrons. The summed E-state index contributed by atoms with van der Waals surface area (Å²) >= 11 is 0. The lowest BCUT2D eigenvalue weighted by Gasteiger charge is -2.14. The lowest BCUT2D eigenvalue weighted by Crippen LogP contribution is -2.28. The molecule has 0 aromatic heterocycles. The Bertz CT molecular complexity index is 1000. The first-order chi connectivity index (χ1) is 13.7. The van der Waals surface area contributed by atoms with E-state index in [4.69, 9.17) is 4.74 Å². The number of benzene rings is 2. The number of carbonyl (C=O) groups excluding carboxylic acids is 2. The number of esters is 1. The highest BCUT2D eigenvalue weighted by Gasteiger charge is 2.21. The van der Waals surface area contributed by atoms with Crippen LogP contribution in [0.4, 0.5) is 5.69 Å². The van der Waals surface area contributed by atoms with Crippen molar-refractivity contribution in [3.63, 3.8) is 0 Å². The maximum atomic E-state index is 12.9. The summed E-state index contributed by atoms with van der Waals surface area (Å²) in [7, 11) is -4.03. The number of ether oxygens (including phenoxy) is 1. The Morgan fingerprint density at radius 2 is 1.76 bits per heavy atom. The van der Waals surface area contributed by atoms with Crippen molar-refractivity contribution in [2.75, 3.05) is 17.9 Å². The number of hydrogen-bond donors (Lipinski definition) is 2. The topological polar surface area (TPSA) is 102 Å². The molecule has 2 rings (SSSR count). The number of sulfonamides is 1. The van der Waals surface area contributed by atoms with Crippen molar-refractivity contribution in [3.05, 3.63) is 59.2 Å². The molecule has 0 aliphatic carbocycles. The van der Waals surface area contributed by atoms with Crippen LogP contribution >= 0.6 is 0 Å². The highest BCUT2D eigenvalue weighted by molar-refractivity contribution is 7.92. The fourth-order valence-corrected chi connectivity index (χ4v) is 3.67. The third-order valence-electron chi connectivity index (χ3n) is 4.10. The van der Waals surface area contributed by atoms with E-state index < -0.39 is 16.0 Å². The van der Waals surface area contributed by atoms with Gasteiger partial charge in [0.1, 0.15) is 0 Å². The van der Waals surface area contributed by atoms with Gasteiger partial charge >= 0.3 is 5.97 Å². The van der Waals surface area contributed by atoms with E-state index in [0.29, 0.717) is 12.1 Å². The summed E-state index contributed by atoms with van der Waals surface area (Å²) in [5.41, 5.74) is 1.17. The van der Waals surface area contributed by atoms with Crippen molar-refractivity contribution < 1.29 is 22.7 Å². The largest absolute Gasteiger partial charge is 0.462 e. The summed E-state index contributed by atoms with van der Waals surface area (Å²) < 4.78 is 33.2. The molecule has 0 spiro atoms. The van der Waals surface area contributed by atoms with E-state index in [0.717, 1.165) is 0 Å². The van der Waals surface area contributed by atoms with Crippen molar-refractivity contribution in [3.8, 4) is 0 Å². The Hall–Kier alpha value is -2.87. The Labute approximate surface area is 171 Å². The number of amides is 1. The van der Waals surface area contributed by atoms with Crippen LogP contribution in [0.1, 0.15) is 47.1 Å². The van der Waals surface area contributed by atoms with Crippen molar-refractivity contribution >= 4 is 27.6 Å². The van der Waals surface area contributed by atoms with Crippen LogP contribution in [0.25, 0.3) is 0 Å². The van der Waals surface area contributed by atoms with E-state index in [2.05, 4.69) is 10.0 Å². The monoisotopic (exact) mass is 418 g/mol. The van der Waals surface area contributed by atoms with Gasteiger partial charge in [-0.15, -0.1) is 0 Å². The van der Waals surface area contributed by atoms with E-state index in [-0.39, 0.29) is 40.1 Å². The molecular formula is C21H26N2O5S. The molecule has 0 aliphatic heterocycles. The van der Waals surface area contributed by atoms with Gasteiger partial charge in [0, 0.05) is 12.1 Å². The first kappa shape index (κ1) is 22.4. The van der Waals surface area contributed by atoms with E-state index in [9.17, 15) is 18.0 Å². The summed E-state index contributed by atoms with van der Waals surface area (Å²) in [6.45, 7) is 8.01. The molecule has 0 heterocycles. The van der Waals surface area contributed by atoms with Gasteiger partial charge in [-0.3, -0.25) is 9.52 Å². The molecule has 0 bridgehead atoms. The molecule has 0 saturated heterocycles. The number of rotatable bonds is 8. The van der Waals surface area contributed by atoms with Gasteiger partial charge in [0.05, 0.1) is 22.8 Å². The third kappa shape index (κ3) is 5.80. The summed E-state index contributed by atoms with van der Waals surface area (Å²) in [5.74, 6) is -0.684. The molecule has 0 aliphatic rings. The zero-order valence-electron chi connectivity index (χ0n) is 17.0. The van der Waals surface area contributed by atoms with Crippen LogP contribution in [-0.2, 0) is 14.8 Å². The predicted octanol–water partition coefficient (Wildman–Crippen LogP) is 3.36. The van der Waals surface area contributed by atoms with E-state index in [1.807, 2.05) is 13.8 Å². The average Bonchev–Trinajstić information content (AvgIpc) is 2.66. The van der Waals surface area contributed by atoms with Crippen LogP contribution in [0.5, 0.6) is 0 Å². The molecule has 8 heteroatoms. The van der Waals surface area contributed by atoms with Gasteiger partial charge in [0.15, 0.2) is 0 Å². The number of aryl methyl sites for hydroxylation is 1. The van der Waals surface area contributed by atoms with Gasteiger partial charge in [-0.1, -0.05) is 32.0 Å². The van der Waals surface area contributed by atoms with Crippen molar-refractivity contribution in [2.45, 2.75) is 32.6 Å². The Morgan fingerprint density at radius 1 is 1.07 bits per heavy atom. The summed E-state index contributed by atoms with van der Waals surface area (Å²) in [6.07, 6.45) is 0. The molecule has 2 aromatic rings. The average molecular weight is 419 g/mol. The molecule has 7 nitrogen and oxygen atoms in total. The second-order valence-corrected chi connectivity index (χ2v) is 8.63. The van der Waals surface area contributed by atoms with Crippen LogP contribution in [-0.4, -0.2) is 33.4 Å². The Kier molecular flexibility index (Phi) is 7.39. The zero-order chi connectivity index (χ0) is 21.6. The van der Waals surface area contributed by atoms with Gasteiger partial charge < -0.3 is 10.1 Å². The quantitative estimate of drug-likeness (QED) is 0.640. The molecule has 0 radical (unpaired) electrons. The third-order valence-corrected chi connectivity index (χ3v) is 5.46. The molecule has 2 N–H and O–H groups in total. The lowest BCUT2D eigenvalue weighted by atomic mass is 10.1. The first-order valence-corrected chi connectivity index (χ1v) is 10.8. The Balaban J connectivity index is 2.34. The van der Waals surface area contributed by atoms with Crippen molar-refractivity contribution in [1.82, 2.24) is 5.32 Å². The number of anilines is 1. The first-order valence-electron chi connectivity index (χ1n) is 9.33. The van der Waals surface area contributed by atoms with Crippen LogP contribution in [0.3, 0.4) is 0 Å². The standard InChI is InChI=1S/C21H26N2O5S/c1-5-28-21(25)17-8-6-7-9-19(17)23-29(26,27)16-11-10-15(4)18(12-16)20(24)22-13-14(2)3/h6-12,14,23H,5,13H2,1-4H3,(H,22,24). The zero-order valence-corrected chi connectivity index (χ0v) is 17.8. The van der Waals surface area contributed by atoms with E-state index in [1.165, 1.54) is 24.3 Å². The highest BCUT2D eigenvalue weighted by atomic mass is 32.2. The number of para-hydroxylation sites is 1. The molecule has 0 fully saturated rings. The summed E-state index contributed by atoms with van der Waals surface area (Å²) in [4.78, 5) is 24.5. The minimum absolute atomic E-state index is 0.0727. The van der Waals surface area contributed by atoms with Gasteiger partial charge in [-0.25, -0.2) is 13.2 Å². The fourth-order valence-electron chi connectivity index (χ4n) is 2.57. The molecule has 0 unspecified atom stereocenters. The maximum Gasteiger partial charge on any atom is 0.340 e. The number of nitrogens with one attached hydrogen (secondary N) is 2. The highest BCUT2D eigenvalue weighted by Crippen LogP contribution is 2.22. The van der Waals surface area contributed by atoms with Crippen LogP contribution < -0.4 is 10.0 Å². The summed E-state index contributed by atoms with van der Waals surface area (Å²) in [5, 5.41) is 2.79. The van der Waals surface area contributed by atoms with E-state index >= 15 is 0 Å². The van der Waals surface area contributed by atoms with Gasteiger partial charge in [0.2, 0.25) is 0 Å². The molecule has 2 aromatic carbocycles. The minimum atomic E-state index is -4.03. The number of hydrogen-bond acceptors (Lipinski definition) is 5. The molecule has 29 heavy (non-hydrogen) atoms. The van der Waals surface area contributed by atoms with E-state index in [1.54, 1.807) is 32.0 Å². The lowest BCUT2D eigenvalue weighted by molar-refractivity contribution is 0.0527. The fraction of sp³-hybridized carbons (Fsp3) is 0.333. The smallest absolute Gasteiger partial charge is 0.340 e. The van der Waals surface area contributed by atoms with Gasteiger partial charge in [-0.05, 0) is 49.6 Å². The molecular weight excluding hydrogens is 392 g/mol. The molecule has 0 saturated carbocycles. The van der Waals surface area contributed by atoms with Crippen LogP contribution in [0.2, 0.25) is 0 Å². The number of carbonyl (C=O) groups is 2. The van der Waals surface area contributed by atoms with Gasteiger partial charge in [0.25, 0.3) is 15.9 Å². The maximum absolute atomic E-state index is 12.9. The van der Waals surface area contributed by atoms with Crippen LogP contribution in [0.15, 0.2) is 47.4 Å².